The molecule has 0 heterocycles. The van der Waals surface area contributed by atoms with Gasteiger partial charge in [0, 0.05) is 4.47 Å². The Bertz CT molecular complexity index is 503. The lowest BCUT2D eigenvalue weighted by Crippen LogP contribution is -2.45. The third-order valence-corrected chi connectivity index (χ3v) is 2.75. The molecule has 0 aliphatic heterocycles. The summed E-state index contributed by atoms with van der Waals surface area (Å²) in [6.45, 7) is -0.357. The second-order valence-corrected chi connectivity index (χ2v) is 4.79. The van der Waals surface area contributed by atoms with Gasteiger partial charge in [0.25, 0.3) is 5.91 Å². The van der Waals surface area contributed by atoms with Crippen molar-refractivity contribution in [2.75, 3.05) is 6.61 Å². The Morgan fingerprint density at radius 1 is 1.30 bits per heavy atom. The van der Waals surface area contributed by atoms with Crippen molar-refractivity contribution in [3.05, 3.63) is 28.7 Å². The van der Waals surface area contributed by atoms with Crippen molar-refractivity contribution in [1.82, 2.24) is 5.32 Å². The van der Waals surface area contributed by atoms with Crippen molar-refractivity contribution >= 4 is 33.7 Å². The van der Waals surface area contributed by atoms with E-state index in [2.05, 4.69) is 21.2 Å². The van der Waals surface area contributed by atoms with Crippen LogP contribution < -0.4 is 15.8 Å². The van der Waals surface area contributed by atoms with Crippen molar-refractivity contribution in [3.8, 4) is 5.75 Å². The van der Waals surface area contributed by atoms with E-state index in [-0.39, 0.29) is 6.61 Å². The summed E-state index contributed by atoms with van der Waals surface area (Å²) in [7, 11) is 0. The summed E-state index contributed by atoms with van der Waals surface area (Å²) in [6, 6.07) is 5.42. The second-order valence-electron chi connectivity index (χ2n) is 3.87. The zero-order valence-electron chi connectivity index (χ0n) is 10.3. The number of amides is 2. The van der Waals surface area contributed by atoms with Crippen LogP contribution in [0.25, 0.3) is 0 Å². The van der Waals surface area contributed by atoms with Crippen molar-refractivity contribution in [2.24, 2.45) is 5.73 Å². The van der Waals surface area contributed by atoms with E-state index in [9.17, 15) is 14.4 Å². The van der Waals surface area contributed by atoms with Crippen LogP contribution in [-0.4, -0.2) is 35.5 Å². The number of carbonyl (C=O) groups excluding carboxylic acids is 2. The molecule has 1 atom stereocenters. The van der Waals surface area contributed by atoms with Gasteiger partial charge in [0.1, 0.15) is 11.8 Å². The summed E-state index contributed by atoms with van der Waals surface area (Å²) in [5.74, 6) is -2.33. The van der Waals surface area contributed by atoms with Crippen molar-refractivity contribution < 1.29 is 24.2 Å². The van der Waals surface area contributed by atoms with E-state index >= 15 is 0 Å². The molecule has 0 aromatic heterocycles. The smallest absolute Gasteiger partial charge is 0.326 e. The molecule has 0 saturated heterocycles. The first kappa shape index (κ1) is 16.0. The number of hydrogen-bond acceptors (Lipinski definition) is 4. The van der Waals surface area contributed by atoms with Gasteiger partial charge in [-0.2, -0.15) is 0 Å². The summed E-state index contributed by atoms with van der Waals surface area (Å²) >= 11 is 3.25. The SMILES string of the molecule is NC(=O)C[C@H](NC(=O)COc1ccc(Br)cc1)C(=O)O. The van der Waals surface area contributed by atoms with Crippen LogP contribution in [0.15, 0.2) is 28.7 Å². The Morgan fingerprint density at radius 2 is 1.90 bits per heavy atom. The average molecular weight is 345 g/mol. The Hall–Kier alpha value is -2.09. The molecule has 0 spiro atoms. The highest BCUT2D eigenvalue weighted by Gasteiger charge is 2.22. The molecule has 8 heteroatoms. The molecule has 108 valence electrons. The molecule has 0 bridgehead atoms. The highest BCUT2D eigenvalue weighted by Crippen LogP contribution is 2.15. The minimum atomic E-state index is -1.35. The van der Waals surface area contributed by atoms with E-state index in [1.165, 1.54) is 0 Å². The highest BCUT2D eigenvalue weighted by atomic mass is 79.9. The van der Waals surface area contributed by atoms with E-state index in [4.69, 9.17) is 15.6 Å². The van der Waals surface area contributed by atoms with Crippen LogP contribution >= 0.6 is 15.9 Å². The number of carboxylic acid groups (broad SMARTS) is 1. The van der Waals surface area contributed by atoms with E-state index in [1.807, 2.05) is 0 Å². The summed E-state index contributed by atoms with van der Waals surface area (Å²) in [5.41, 5.74) is 4.90. The van der Waals surface area contributed by atoms with Crippen LogP contribution in [0.5, 0.6) is 5.75 Å². The Morgan fingerprint density at radius 3 is 2.40 bits per heavy atom. The van der Waals surface area contributed by atoms with E-state index in [1.54, 1.807) is 24.3 Å². The van der Waals surface area contributed by atoms with Gasteiger partial charge in [0.15, 0.2) is 6.61 Å². The van der Waals surface area contributed by atoms with Crippen LogP contribution in [0.4, 0.5) is 0 Å². The number of primary amides is 1. The molecule has 0 unspecified atom stereocenters. The van der Waals surface area contributed by atoms with Gasteiger partial charge in [-0.25, -0.2) is 4.79 Å². The molecular formula is C12H13BrN2O5. The molecule has 0 aliphatic rings. The zero-order chi connectivity index (χ0) is 15.1. The minimum absolute atomic E-state index is 0.357. The van der Waals surface area contributed by atoms with Gasteiger partial charge in [0.2, 0.25) is 5.91 Å². The van der Waals surface area contributed by atoms with Gasteiger partial charge >= 0.3 is 5.97 Å². The highest BCUT2D eigenvalue weighted by molar-refractivity contribution is 9.10. The lowest BCUT2D eigenvalue weighted by molar-refractivity contribution is -0.143. The molecular weight excluding hydrogens is 332 g/mol. The predicted octanol–water partition coefficient (Wildman–Crippen LogP) is 0.273. The van der Waals surface area contributed by atoms with Gasteiger partial charge in [-0.05, 0) is 24.3 Å². The maximum absolute atomic E-state index is 11.5. The molecule has 1 aromatic carbocycles. The standard InChI is InChI=1S/C12H13BrN2O5/c13-7-1-3-8(4-2-7)20-6-11(17)15-9(12(18)19)5-10(14)16/h1-4,9H,5-6H2,(H2,14,16)(H,15,17)(H,18,19)/t9-/m0/s1. The Labute approximate surface area is 123 Å². The molecule has 7 nitrogen and oxygen atoms in total. The fraction of sp³-hybridized carbons (Fsp3) is 0.250. The summed E-state index contributed by atoms with van der Waals surface area (Å²) in [6.07, 6.45) is -0.473. The number of hydrogen-bond donors (Lipinski definition) is 3. The van der Waals surface area contributed by atoms with Gasteiger partial charge < -0.3 is 20.9 Å². The fourth-order valence-electron chi connectivity index (χ4n) is 1.32. The number of aliphatic carboxylic acids is 1. The molecule has 0 saturated carbocycles. The molecule has 4 N–H and O–H groups in total. The van der Waals surface area contributed by atoms with Crippen LogP contribution in [-0.2, 0) is 14.4 Å². The number of rotatable bonds is 7. The molecule has 0 radical (unpaired) electrons. The van der Waals surface area contributed by atoms with E-state index in [0.29, 0.717) is 5.75 Å². The van der Waals surface area contributed by atoms with Gasteiger partial charge in [-0.3, -0.25) is 9.59 Å². The van der Waals surface area contributed by atoms with Crippen molar-refractivity contribution in [2.45, 2.75) is 12.5 Å². The normalized spacial score (nSPS) is 11.4. The molecule has 1 rings (SSSR count). The Balaban J connectivity index is 2.47. The van der Waals surface area contributed by atoms with Crippen molar-refractivity contribution in [1.29, 1.82) is 0 Å². The average Bonchev–Trinajstić information content (AvgIpc) is 2.36. The lowest BCUT2D eigenvalue weighted by atomic mass is 10.2. The number of ether oxygens (including phenoxy) is 1. The molecule has 20 heavy (non-hydrogen) atoms. The largest absolute Gasteiger partial charge is 0.484 e. The number of nitrogens with one attached hydrogen (secondary N) is 1. The van der Waals surface area contributed by atoms with Gasteiger partial charge in [-0.1, -0.05) is 15.9 Å². The molecule has 2 amide bonds. The van der Waals surface area contributed by atoms with Crippen molar-refractivity contribution in [3.63, 3.8) is 0 Å². The fourth-order valence-corrected chi connectivity index (χ4v) is 1.58. The topological polar surface area (TPSA) is 119 Å². The molecule has 1 aromatic rings. The third kappa shape index (κ3) is 5.70. The summed E-state index contributed by atoms with van der Waals surface area (Å²) in [5, 5.41) is 11.0. The third-order valence-electron chi connectivity index (χ3n) is 2.22. The van der Waals surface area contributed by atoms with Crippen LogP contribution in [0.3, 0.4) is 0 Å². The first-order valence-electron chi connectivity index (χ1n) is 5.57. The first-order valence-corrected chi connectivity index (χ1v) is 6.36. The summed E-state index contributed by atoms with van der Waals surface area (Å²) in [4.78, 5) is 33.0. The van der Waals surface area contributed by atoms with Gasteiger partial charge in [0.05, 0.1) is 6.42 Å². The molecule has 0 fully saturated rings. The second kappa shape index (κ2) is 7.49. The van der Waals surface area contributed by atoms with Crippen LogP contribution in [0.2, 0.25) is 0 Å². The Kier molecular flexibility index (Phi) is 5.98. The molecule has 0 aliphatic carbocycles. The number of benzene rings is 1. The van der Waals surface area contributed by atoms with Crippen LogP contribution in [0.1, 0.15) is 6.42 Å². The predicted molar refractivity (Wildman–Crippen MR) is 73.0 cm³/mol. The number of halogens is 1. The lowest BCUT2D eigenvalue weighted by Gasteiger charge is -2.13. The first-order chi connectivity index (χ1) is 9.38. The zero-order valence-corrected chi connectivity index (χ0v) is 11.9. The van der Waals surface area contributed by atoms with E-state index < -0.39 is 30.2 Å². The number of nitrogens with two attached hydrogens (primary N) is 1. The number of carboxylic acids is 1. The summed E-state index contributed by atoms with van der Waals surface area (Å²) < 4.78 is 6.03. The van der Waals surface area contributed by atoms with E-state index in [0.717, 1.165) is 4.47 Å². The number of carbonyl (C=O) groups is 3. The maximum atomic E-state index is 11.5. The van der Waals surface area contributed by atoms with Crippen LogP contribution in [0, 0.1) is 0 Å². The minimum Gasteiger partial charge on any atom is -0.484 e. The van der Waals surface area contributed by atoms with Gasteiger partial charge in [-0.15, -0.1) is 0 Å². The monoisotopic (exact) mass is 344 g/mol. The maximum Gasteiger partial charge on any atom is 0.326 e. The quantitative estimate of drug-likeness (QED) is 0.656.